The van der Waals surface area contributed by atoms with Crippen LogP contribution in [0, 0.1) is 0 Å². The summed E-state index contributed by atoms with van der Waals surface area (Å²) in [5.74, 6) is 1.28. The van der Waals surface area contributed by atoms with E-state index in [4.69, 9.17) is 0 Å². The van der Waals surface area contributed by atoms with Gasteiger partial charge < -0.3 is 9.80 Å². The van der Waals surface area contributed by atoms with Gasteiger partial charge in [0, 0.05) is 44.1 Å². The molecule has 7 nitrogen and oxygen atoms in total. The predicted molar refractivity (Wildman–Crippen MR) is 114 cm³/mol. The summed E-state index contributed by atoms with van der Waals surface area (Å²) < 4.78 is 2.06. The molecule has 8 heteroatoms. The number of aromatic nitrogens is 4. The summed E-state index contributed by atoms with van der Waals surface area (Å²) in [7, 11) is 2.09. The molecule has 0 atom stereocenters. The normalized spacial score (nSPS) is 14.9. The zero-order chi connectivity index (χ0) is 20.1. The number of amides is 1. The number of likely N-dealkylation sites (N-methyl/N-ethyl adjacent to an activating group) is 1. The van der Waals surface area contributed by atoms with E-state index in [1.165, 1.54) is 11.8 Å². The fraction of sp³-hybridized carbons (Fsp3) is 0.333. The first-order chi connectivity index (χ1) is 14.2. The minimum absolute atomic E-state index is 0.153. The van der Waals surface area contributed by atoms with Gasteiger partial charge in [-0.1, -0.05) is 42.1 Å². The van der Waals surface area contributed by atoms with Crippen LogP contribution in [0.25, 0.3) is 11.4 Å². The lowest BCUT2D eigenvalue weighted by atomic mass is 10.2. The van der Waals surface area contributed by atoms with Crippen LogP contribution in [0.15, 0.2) is 60.0 Å². The molecule has 3 aromatic rings. The largest absolute Gasteiger partial charge is 0.339 e. The van der Waals surface area contributed by atoms with Crippen molar-refractivity contribution >= 4 is 17.7 Å². The van der Waals surface area contributed by atoms with E-state index < -0.39 is 0 Å². The second-order valence-electron chi connectivity index (χ2n) is 7.09. The van der Waals surface area contributed by atoms with E-state index in [1.807, 2.05) is 35.2 Å². The van der Waals surface area contributed by atoms with Crippen LogP contribution in [0.2, 0.25) is 0 Å². The Labute approximate surface area is 174 Å². The summed E-state index contributed by atoms with van der Waals surface area (Å²) in [6.07, 6.45) is 3.53. The molecule has 0 saturated carbocycles. The standard InChI is InChI=1S/C21H24N6OS/c1-25-10-12-26(13-11-25)19(28)16-29-21-24-23-20(18-8-5-9-22-14-18)27(21)15-17-6-3-2-4-7-17/h2-9,14H,10-13,15-16H2,1H3. The van der Waals surface area contributed by atoms with Crippen molar-refractivity contribution in [2.45, 2.75) is 11.7 Å². The number of nitrogens with zero attached hydrogens (tertiary/aromatic N) is 6. The van der Waals surface area contributed by atoms with E-state index in [-0.39, 0.29) is 5.91 Å². The third-order valence-electron chi connectivity index (χ3n) is 5.00. The van der Waals surface area contributed by atoms with Gasteiger partial charge in [0.15, 0.2) is 11.0 Å². The van der Waals surface area contributed by atoms with Gasteiger partial charge in [-0.25, -0.2) is 0 Å². The van der Waals surface area contributed by atoms with E-state index in [0.29, 0.717) is 12.3 Å². The maximum absolute atomic E-state index is 12.6. The maximum Gasteiger partial charge on any atom is 0.233 e. The Hall–Kier alpha value is -2.71. The summed E-state index contributed by atoms with van der Waals surface area (Å²) in [5, 5.41) is 9.54. The van der Waals surface area contributed by atoms with Crippen molar-refractivity contribution in [3.05, 3.63) is 60.4 Å². The second kappa shape index (κ2) is 9.19. The number of benzene rings is 1. The smallest absolute Gasteiger partial charge is 0.233 e. The summed E-state index contributed by atoms with van der Waals surface area (Å²) in [4.78, 5) is 21.0. The molecule has 29 heavy (non-hydrogen) atoms. The molecule has 0 bridgehead atoms. The Bertz CT molecular complexity index is 938. The number of thioether (sulfide) groups is 1. The number of rotatable bonds is 6. The summed E-state index contributed by atoms with van der Waals surface area (Å²) in [5.41, 5.74) is 2.07. The minimum atomic E-state index is 0.153. The van der Waals surface area contributed by atoms with Gasteiger partial charge >= 0.3 is 0 Å². The van der Waals surface area contributed by atoms with Crippen LogP contribution < -0.4 is 0 Å². The van der Waals surface area contributed by atoms with Crippen molar-refractivity contribution in [1.82, 2.24) is 29.5 Å². The number of hydrogen-bond acceptors (Lipinski definition) is 6. The first-order valence-corrected chi connectivity index (χ1v) is 10.7. The summed E-state index contributed by atoms with van der Waals surface area (Å²) >= 11 is 1.45. The lowest BCUT2D eigenvalue weighted by molar-refractivity contribution is -0.129. The van der Waals surface area contributed by atoms with Gasteiger partial charge in [0.1, 0.15) is 0 Å². The lowest BCUT2D eigenvalue weighted by Crippen LogP contribution is -2.47. The number of pyridine rings is 1. The molecule has 0 aliphatic carbocycles. The molecule has 1 aromatic carbocycles. The van der Waals surface area contributed by atoms with Crippen molar-refractivity contribution in [2.24, 2.45) is 0 Å². The molecule has 0 unspecified atom stereocenters. The minimum Gasteiger partial charge on any atom is -0.339 e. The topological polar surface area (TPSA) is 67.2 Å². The van der Waals surface area contributed by atoms with Gasteiger partial charge in [0.2, 0.25) is 5.91 Å². The van der Waals surface area contributed by atoms with E-state index >= 15 is 0 Å². The summed E-state index contributed by atoms with van der Waals surface area (Å²) in [6, 6.07) is 14.1. The van der Waals surface area contributed by atoms with Gasteiger partial charge in [-0.3, -0.25) is 14.3 Å². The Morgan fingerprint density at radius 2 is 1.83 bits per heavy atom. The number of carbonyl (C=O) groups is 1. The monoisotopic (exact) mass is 408 g/mol. The van der Waals surface area contributed by atoms with Crippen molar-refractivity contribution in [3.63, 3.8) is 0 Å². The van der Waals surface area contributed by atoms with Crippen LogP contribution in [0.3, 0.4) is 0 Å². The Balaban J connectivity index is 1.53. The number of carbonyl (C=O) groups excluding carboxylic acids is 1. The molecule has 2 aromatic heterocycles. The van der Waals surface area contributed by atoms with Crippen LogP contribution >= 0.6 is 11.8 Å². The fourth-order valence-electron chi connectivity index (χ4n) is 3.29. The second-order valence-corrected chi connectivity index (χ2v) is 8.03. The quantitative estimate of drug-likeness (QED) is 0.583. The molecule has 150 valence electrons. The molecule has 0 spiro atoms. The van der Waals surface area contributed by atoms with Gasteiger partial charge in [-0.05, 0) is 24.7 Å². The first kappa shape index (κ1) is 19.6. The number of piperazine rings is 1. The molecule has 1 aliphatic rings. The van der Waals surface area contributed by atoms with Crippen LogP contribution in [0.4, 0.5) is 0 Å². The van der Waals surface area contributed by atoms with E-state index in [2.05, 4.69) is 43.8 Å². The highest BCUT2D eigenvalue weighted by Crippen LogP contribution is 2.25. The zero-order valence-electron chi connectivity index (χ0n) is 16.4. The Morgan fingerprint density at radius 3 is 2.55 bits per heavy atom. The molecule has 4 rings (SSSR count). The van der Waals surface area contributed by atoms with Gasteiger partial charge in [0.25, 0.3) is 0 Å². The molecule has 1 aliphatic heterocycles. The summed E-state index contributed by atoms with van der Waals surface area (Å²) in [6.45, 7) is 4.06. The molecule has 1 saturated heterocycles. The highest BCUT2D eigenvalue weighted by atomic mass is 32.2. The lowest BCUT2D eigenvalue weighted by Gasteiger charge is -2.32. The van der Waals surface area contributed by atoms with Crippen molar-refractivity contribution in [2.75, 3.05) is 39.0 Å². The predicted octanol–water partition coefficient (Wildman–Crippen LogP) is 2.25. The Kier molecular flexibility index (Phi) is 6.21. The molecule has 1 fully saturated rings. The van der Waals surface area contributed by atoms with Crippen molar-refractivity contribution in [1.29, 1.82) is 0 Å². The van der Waals surface area contributed by atoms with E-state index in [1.54, 1.807) is 12.4 Å². The van der Waals surface area contributed by atoms with Crippen LogP contribution in [-0.4, -0.2) is 74.4 Å². The zero-order valence-corrected chi connectivity index (χ0v) is 17.3. The molecule has 0 N–H and O–H groups in total. The molecule has 0 radical (unpaired) electrons. The highest BCUT2D eigenvalue weighted by molar-refractivity contribution is 7.99. The van der Waals surface area contributed by atoms with Gasteiger partial charge in [0.05, 0.1) is 12.3 Å². The van der Waals surface area contributed by atoms with Crippen LogP contribution in [0.1, 0.15) is 5.56 Å². The highest BCUT2D eigenvalue weighted by Gasteiger charge is 2.21. The molecule has 3 heterocycles. The maximum atomic E-state index is 12.6. The fourth-order valence-corrected chi connectivity index (χ4v) is 4.13. The average molecular weight is 409 g/mol. The van der Waals surface area contributed by atoms with Gasteiger partial charge in [-0.2, -0.15) is 0 Å². The Morgan fingerprint density at radius 1 is 1.03 bits per heavy atom. The molecular weight excluding hydrogens is 384 g/mol. The average Bonchev–Trinajstić information content (AvgIpc) is 3.16. The third-order valence-corrected chi connectivity index (χ3v) is 5.95. The van der Waals surface area contributed by atoms with Crippen LogP contribution in [-0.2, 0) is 11.3 Å². The third kappa shape index (κ3) is 4.83. The number of hydrogen-bond donors (Lipinski definition) is 0. The van der Waals surface area contributed by atoms with Gasteiger partial charge in [-0.15, -0.1) is 10.2 Å². The van der Waals surface area contributed by atoms with Crippen molar-refractivity contribution in [3.8, 4) is 11.4 Å². The van der Waals surface area contributed by atoms with E-state index in [9.17, 15) is 4.79 Å². The molecular formula is C21H24N6OS. The van der Waals surface area contributed by atoms with E-state index in [0.717, 1.165) is 48.3 Å². The SMILES string of the molecule is CN1CCN(C(=O)CSc2nnc(-c3cccnc3)n2Cc2ccccc2)CC1. The van der Waals surface area contributed by atoms with Crippen molar-refractivity contribution < 1.29 is 4.79 Å². The first-order valence-electron chi connectivity index (χ1n) is 9.67. The molecule has 1 amide bonds. The van der Waals surface area contributed by atoms with Crippen LogP contribution in [0.5, 0.6) is 0 Å².